The Hall–Kier alpha value is -1.48. The van der Waals surface area contributed by atoms with E-state index in [4.69, 9.17) is 9.47 Å². The quantitative estimate of drug-likeness (QED) is 0.694. The third kappa shape index (κ3) is 3.54. The normalized spacial score (nSPS) is 11.9. The Kier molecular flexibility index (Phi) is 5.48. The maximum Gasteiger partial charge on any atom is 0.123 e. The number of para-hydroxylation sites is 1. The van der Waals surface area contributed by atoms with E-state index in [-0.39, 0.29) is 4.83 Å². The highest BCUT2D eigenvalue weighted by Gasteiger charge is 2.14. The minimum absolute atomic E-state index is 0.112. The van der Waals surface area contributed by atoms with Crippen LogP contribution in [0.4, 0.5) is 0 Å². The molecule has 1 unspecified atom stereocenters. The Balaban J connectivity index is 2.24. The molecular weight excluding hydrogens is 316 g/mol. The first-order chi connectivity index (χ1) is 9.76. The van der Waals surface area contributed by atoms with Crippen LogP contribution in [0.25, 0.3) is 0 Å². The molecule has 3 heteroatoms. The van der Waals surface area contributed by atoms with Gasteiger partial charge in [0.25, 0.3) is 0 Å². The number of benzene rings is 2. The van der Waals surface area contributed by atoms with Crippen molar-refractivity contribution in [1.82, 2.24) is 0 Å². The van der Waals surface area contributed by atoms with Gasteiger partial charge in [0.2, 0.25) is 0 Å². The maximum absolute atomic E-state index is 5.69. The van der Waals surface area contributed by atoms with Gasteiger partial charge in [0, 0.05) is 5.56 Å². The van der Waals surface area contributed by atoms with Crippen molar-refractivity contribution in [3.05, 3.63) is 59.7 Å². The molecule has 0 fully saturated rings. The number of alkyl halides is 1. The molecule has 2 aromatic carbocycles. The zero-order valence-corrected chi connectivity index (χ0v) is 13.4. The van der Waals surface area contributed by atoms with Gasteiger partial charge in [-0.1, -0.05) is 46.3 Å². The molecule has 0 aliphatic heterocycles. The van der Waals surface area contributed by atoms with Crippen molar-refractivity contribution in [3.8, 4) is 11.5 Å². The standard InChI is InChI=1S/C17H19BrO2/c1-3-19-14-11-9-13(10-12-14)17(18)15-7-5-6-8-16(15)20-4-2/h5-12,17H,3-4H2,1-2H3. The van der Waals surface area contributed by atoms with E-state index in [2.05, 4.69) is 34.1 Å². The second kappa shape index (κ2) is 7.34. The van der Waals surface area contributed by atoms with Gasteiger partial charge in [-0.05, 0) is 37.6 Å². The van der Waals surface area contributed by atoms with Gasteiger partial charge in [0.1, 0.15) is 11.5 Å². The summed E-state index contributed by atoms with van der Waals surface area (Å²) in [5.41, 5.74) is 2.32. The van der Waals surface area contributed by atoms with Crippen molar-refractivity contribution >= 4 is 15.9 Å². The lowest BCUT2D eigenvalue weighted by atomic mass is 10.0. The lowest BCUT2D eigenvalue weighted by molar-refractivity contribution is 0.337. The van der Waals surface area contributed by atoms with Crippen LogP contribution in [0.2, 0.25) is 0 Å². The monoisotopic (exact) mass is 334 g/mol. The van der Waals surface area contributed by atoms with Gasteiger partial charge in [-0.25, -0.2) is 0 Å². The predicted molar refractivity (Wildman–Crippen MR) is 86.0 cm³/mol. The summed E-state index contributed by atoms with van der Waals surface area (Å²) in [4.78, 5) is 0.112. The van der Waals surface area contributed by atoms with Gasteiger partial charge >= 0.3 is 0 Å². The molecule has 0 spiro atoms. The molecule has 0 saturated carbocycles. The fraction of sp³-hybridized carbons (Fsp3) is 0.294. The molecule has 0 aromatic heterocycles. The van der Waals surface area contributed by atoms with Crippen LogP contribution in [0.5, 0.6) is 11.5 Å². The molecule has 2 rings (SSSR count). The molecule has 20 heavy (non-hydrogen) atoms. The van der Waals surface area contributed by atoms with Crippen LogP contribution in [0.15, 0.2) is 48.5 Å². The summed E-state index contributed by atoms with van der Waals surface area (Å²) in [6, 6.07) is 16.3. The summed E-state index contributed by atoms with van der Waals surface area (Å²) < 4.78 is 11.2. The number of hydrogen-bond donors (Lipinski definition) is 0. The summed E-state index contributed by atoms with van der Waals surface area (Å²) in [7, 11) is 0. The van der Waals surface area contributed by atoms with Crippen LogP contribution in [0.1, 0.15) is 29.8 Å². The Morgan fingerprint density at radius 2 is 1.55 bits per heavy atom. The molecule has 0 N–H and O–H groups in total. The van der Waals surface area contributed by atoms with Gasteiger partial charge in [0.05, 0.1) is 18.0 Å². The molecule has 0 heterocycles. The minimum atomic E-state index is 0.112. The Bertz CT molecular complexity index is 537. The third-order valence-corrected chi connectivity index (χ3v) is 4.00. The summed E-state index contributed by atoms with van der Waals surface area (Å²) in [6.45, 7) is 5.33. The predicted octanol–water partition coefficient (Wildman–Crippen LogP) is 4.97. The van der Waals surface area contributed by atoms with Crippen LogP contribution >= 0.6 is 15.9 Å². The average Bonchev–Trinajstić information content (AvgIpc) is 2.49. The van der Waals surface area contributed by atoms with E-state index >= 15 is 0 Å². The molecule has 0 aliphatic carbocycles. The summed E-state index contributed by atoms with van der Waals surface area (Å²) in [6.07, 6.45) is 0. The molecule has 1 atom stereocenters. The fourth-order valence-corrected chi connectivity index (χ4v) is 2.74. The molecular formula is C17H19BrO2. The zero-order valence-electron chi connectivity index (χ0n) is 11.8. The van der Waals surface area contributed by atoms with Crippen molar-refractivity contribution in [1.29, 1.82) is 0 Å². The molecule has 2 nitrogen and oxygen atoms in total. The molecule has 0 saturated heterocycles. The van der Waals surface area contributed by atoms with Crippen molar-refractivity contribution in [2.24, 2.45) is 0 Å². The smallest absolute Gasteiger partial charge is 0.123 e. The van der Waals surface area contributed by atoms with Gasteiger partial charge in [-0.3, -0.25) is 0 Å². The van der Waals surface area contributed by atoms with E-state index in [1.54, 1.807) is 0 Å². The van der Waals surface area contributed by atoms with E-state index in [1.807, 2.05) is 44.2 Å². The molecule has 0 bridgehead atoms. The largest absolute Gasteiger partial charge is 0.494 e. The van der Waals surface area contributed by atoms with Crippen LogP contribution < -0.4 is 9.47 Å². The lowest BCUT2D eigenvalue weighted by Gasteiger charge is -2.16. The first kappa shape index (κ1) is 14.9. The topological polar surface area (TPSA) is 18.5 Å². The number of hydrogen-bond acceptors (Lipinski definition) is 2. The molecule has 106 valence electrons. The highest BCUT2D eigenvalue weighted by Crippen LogP contribution is 2.36. The van der Waals surface area contributed by atoms with Crippen LogP contribution in [0.3, 0.4) is 0 Å². The van der Waals surface area contributed by atoms with Gasteiger partial charge in [-0.15, -0.1) is 0 Å². The van der Waals surface area contributed by atoms with Crippen molar-refractivity contribution < 1.29 is 9.47 Å². The summed E-state index contributed by atoms with van der Waals surface area (Å²) >= 11 is 3.76. The van der Waals surface area contributed by atoms with Crippen molar-refractivity contribution in [2.75, 3.05) is 13.2 Å². The first-order valence-electron chi connectivity index (χ1n) is 6.84. The SMILES string of the molecule is CCOc1ccc(C(Br)c2ccccc2OCC)cc1. The van der Waals surface area contributed by atoms with Crippen molar-refractivity contribution in [3.63, 3.8) is 0 Å². The van der Waals surface area contributed by atoms with E-state index in [9.17, 15) is 0 Å². The van der Waals surface area contributed by atoms with E-state index < -0.39 is 0 Å². The Morgan fingerprint density at radius 1 is 0.900 bits per heavy atom. The highest BCUT2D eigenvalue weighted by molar-refractivity contribution is 9.09. The second-order valence-corrected chi connectivity index (χ2v) is 5.25. The minimum Gasteiger partial charge on any atom is -0.494 e. The first-order valence-corrected chi connectivity index (χ1v) is 7.76. The second-order valence-electron chi connectivity index (χ2n) is 4.34. The highest BCUT2D eigenvalue weighted by atomic mass is 79.9. The molecule has 0 amide bonds. The van der Waals surface area contributed by atoms with Crippen LogP contribution in [-0.4, -0.2) is 13.2 Å². The van der Waals surface area contributed by atoms with Gasteiger partial charge < -0.3 is 9.47 Å². The van der Waals surface area contributed by atoms with E-state index in [0.717, 1.165) is 17.1 Å². The zero-order chi connectivity index (χ0) is 14.4. The Labute approximate surface area is 128 Å². The van der Waals surface area contributed by atoms with Gasteiger partial charge in [-0.2, -0.15) is 0 Å². The van der Waals surface area contributed by atoms with E-state index in [0.29, 0.717) is 13.2 Å². The maximum atomic E-state index is 5.69. The van der Waals surface area contributed by atoms with Crippen LogP contribution in [0, 0.1) is 0 Å². The molecule has 0 aliphatic rings. The van der Waals surface area contributed by atoms with E-state index in [1.165, 1.54) is 5.56 Å². The molecule has 0 radical (unpaired) electrons. The van der Waals surface area contributed by atoms with Gasteiger partial charge in [0.15, 0.2) is 0 Å². The summed E-state index contributed by atoms with van der Waals surface area (Å²) in [5.74, 6) is 1.82. The van der Waals surface area contributed by atoms with Crippen LogP contribution in [-0.2, 0) is 0 Å². The molecule has 2 aromatic rings. The lowest BCUT2D eigenvalue weighted by Crippen LogP contribution is -2.00. The van der Waals surface area contributed by atoms with Crippen molar-refractivity contribution in [2.45, 2.75) is 18.7 Å². The Morgan fingerprint density at radius 3 is 2.20 bits per heavy atom. The summed E-state index contributed by atoms with van der Waals surface area (Å²) in [5, 5.41) is 0. The number of rotatable bonds is 6. The fourth-order valence-electron chi connectivity index (χ4n) is 2.06. The average molecular weight is 335 g/mol. The number of ether oxygens (including phenoxy) is 2. The number of halogens is 1. The third-order valence-electron chi connectivity index (χ3n) is 2.98.